The minimum atomic E-state index is -0.282. The largest absolute Gasteiger partial charge is 0.342 e. The summed E-state index contributed by atoms with van der Waals surface area (Å²) in [7, 11) is 0. The van der Waals surface area contributed by atoms with E-state index in [0.717, 1.165) is 18.7 Å². The molecule has 5 heteroatoms. The standard InChI is InChI=1S/C14H20FN3O/c15-13-6-4-12(5-7-13)10-14(19)16-11-17-18-8-2-1-3-9-18/h4-7,17H,1-3,8-11H2,(H,16,19). The second-order valence-corrected chi connectivity index (χ2v) is 4.79. The average Bonchev–Trinajstić information content (AvgIpc) is 2.43. The molecule has 1 aliphatic rings. The van der Waals surface area contributed by atoms with Crippen LogP contribution in [-0.4, -0.2) is 30.7 Å². The van der Waals surface area contributed by atoms with Gasteiger partial charge in [-0.25, -0.2) is 14.8 Å². The number of piperidine rings is 1. The summed E-state index contributed by atoms with van der Waals surface area (Å²) >= 11 is 0. The Morgan fingerprint density at radius 2 is 1.84 bits per heavy atom. The predicted octanol–water partition coefficient (Wildman–Crippen LogP) is 1.43. The number of hydrogen-bond acceptors (Lipinski definition) is 3. The average molecular weight is 265 g/mol. The number of rotatable bonds is 5. The highest BCUT2D eigenvalue weighted by molar-refractivity contribution is 5.78. The van der Waals surface area contributed by atoms with Gasteiger partial charge in [-0.2, -0.15) is 0 Å². The summed E-state index contributed by atoms with van der Waals surface area (Å²) in [6.07, 6.45) is 3.98. The normalized spacial score (nSPS) is 16.3. The van der Waals surface area contributed by atoms with Crippen molar-refractivity contribution in [3.05, 3.63) is 35.6 Å². The zero-order chi connectivity index (χ0) is 13.5. The number of nitrogens with zero attached hydrogens (tertiary/aromatic N) is 1. The monoisotopic (exact) mass is 265 g/mol. The molecule has 1 heterocycles. The molecule has 0 unspecified atom stereocenters. The van der Waals surface area contributed by atoms with Gasteiger partial charge < -0.3 is 5.32 Å². The lowest BCUT2D eigenvalue weighted by atomic mass is 10.1. The van der Waals surface area contributed by atoms with Crippen molar-refractivity contribution in [2.75, 3.05) is 19.8 Å². The molecule has 2 N–H and O–H groups in total. The van der Waals surface area contributed by atoms with Crippen LogP contribution in [0, 0.1) is 5.82 Å². The summed E-state index contributed by atoms with van der Waals surface area (Å²) in [6.45, 7) is 2.52. The summed E-state index contributed by atoms with van der Waals surface area (Å²) < 4.78 is 12.7. The first-order valence-corrected chi connectivity index (χ1v) is 6.73. The third kappa shape index (κ3) is 4.96. The molecule has 0 atom stereocenters. The van der Waals surface area contributed by atoms with Gasteiger partial charge in [0.1, 0.15) is 5.82 Å². The molecule has 1 saturated heterocycles. The molecule has 1 fully saturated rings. The molecule has 2 rings (SSSR count). The van der Waals surface area contributed by atoms with E-state index in [2.05, 4.69) is 15.8 Å². The third-order valence-electron chi connectivity index (χ3n) is 3.22. The fraction of sp³-hybridized carbons (Fsp3) is 0.500. The van der Waals surface area contributed by atoms with Gasteiger partial charge in [-0.1, -0.05) is 18.6 Å². The smallest absolute Gasteiger partial charge is 0.225 e. The molecular formula is C14H20FN3O. The Kier molecular flexibility index (Phi) is 5.30. The van der Waals surface area contributed by atoms with E-state index >= 15 is 0 Å². The second-order valence-electron chi connectivity index (χ2n) is 4.79. The summed E-state index contributed by atoms with van der Waals surface area (Å²) in [5, 5.41) is 4.95. The molecule has 1 aromatic carbocycles. The highest BCUT2D eigenvalue weighted by atomic mass is 19.1. The SMILES string of the molecule is O=C(Cc1ccc(F)cc1)NCNN1CCCCC1. The number of benzene rings is 1. The van der Waals surface area contributed by atoms with Crippen LogP contribution < -0.4 is 10.7 Å². The van der Waals surface area contributed by atoms with E-state index in [-0.39, 0.29) is 18.1 Å². The minimum Gasteiger partial charge on any atom is -0.342 e. The van der Waals surface area contributed by atoms with Crippen molar-refractivity contribution >= 4 is 5.91 Å². The Morgan fingerprint density at radius 1 is 1.16 bits per heavy atom. The topological polar surface area (TPSA) is 44.4 Å². The van der Waals surface area contributed by atoms with E-state index in [4.69, 9.17) is 0 Å². The fourth-order valence-corrected chi connectivity index (χ4v) is 2.15. The molecule has 0 saturated carbocycles. The summed E-state index contributed by atoms with van der Waals surface area (Å²) in [6, 6.07) is 6.00. The lowest BCUT2D eigenvalue weighted by Crippen LogP contribution is -2.47. The highest BCUT2D eigenvalue weighted by Crippen LogP contribution is 2.05. The molecule has 19 heavy (non-hydrogen) atoms. The van der Waals surface area contributed by atoms with Crippen LogP contribution in [0.25, 0.3) is 0 Å². The number of hydrogen-bond donors (Lipinski definition) is 2. The van der Waals surface area contributed by atoms with Gasteiger partial charge >= 0.3 is 0 Å². The first-order valence-electron chi connectivity index (χ1n) is 6.73. The van der Waals surface area contributed by atoms with E-state index in [1.165, 1.54) is 31.4 Å². The van der Waals surface area contributed by atoms with Gasteiger partial charge in [-0.15, -0.1) is 0 Å². The van der Waals surface area contributed by atoms with E-state index in [9.17, 15) is 9.18 Å². The molecule has 0 aromatic heterocycles. The van der Waals surface area contributed by atoms with Crippen LogP contribution in [0.3, 0.4) is 0 Å². The molecular weight excluding hydrogens is 245 g/mol. The molecule has 1 amide bonds. The van der Waals surface area contributed by atoms with Crippen LogP contribution in [0.2, 0.25) is 0 Å². The Morgan fingerprint density at radius 3 is 2.53 bits per heavy atom. The van der Waals surface area contributed by atoms with Crippen LogP contribution in [0.5, 0.6) is 0 Å². The molecule has 4 nitrogen and oxygen atoms in total. The van der Waals surface area contributed by atoms with Crippen LogP contribution in [0.1, 0.15) is 24.8 Å². The molecule has 0 aliphatic carbocycles. The molecule has 0 radical (unpaired) electrons. The summed E-state index contributed by atoms with van der Waals surface area (Å²) in [5.74, 6) is -0.341. The Hall–Kier alpha value is -1.46. The van der Waals surface area contributed by atoms with Gasteiger partial charge in [0.2, 0.25) is 5.91 Å². The maximum absolute atomic E-state index is 12.7. The van der Waals surface area contributed by atoms with Crippen molar-refractivity contribution in [1.82, 2.24) is 15.8 Å². The highest BCUT2D eigenvalue weighted by Gasteiger charge is 2.09. The first-order chi connectivity index (χ1) is 9.24. The Balaban J connectivity index is 1.65. The number of nitrogens with one attached hydrogen (secondary N) is 2. The Bertz CT molecular complexity index is 402. The fourth-order valence-electron chi connectivity index (χ4n) is 2.15. The van der Waals surface area contributed by atoms with Crippen LogP contribution in [-0.2, 0) is 11.2 Å². The third-order valence-corrected chi connectivity index (χ3v) is 3.22. The lowest BCUT2D eigenvalue weighted by Gasteiger charge is -2.27. The molecule has 1 aromatic rings. The van der Waals surface area contributed by atoms with E-state index in [1.807, 2.05) is 0 Å². The summed E-state index contributed by atoms with van der Waals surface area (Å²) in [5.41, 5.74) is 4.01. The maximum atomic E-state index is 12.7. The van der Waals surface area contributed by atoms with Crippen molar-refractivity contribution in [3.63, 3.8) is 0 Å². The molecule has 104 valence electrons. The zero-order valence-electron chi connectivity index (χ0n) is 11.0. The summed E-state index contributed by atoms with van der Waals surface area (Å²) in [4.78, 5) is 11.7. The minimum absolute atomic E-state index is 0.0592. The number of carbonyl (C=O) groups excluding carboxylic acids is 1. The van der Waals surface area contributed by atoms with Gasteiger partial charge in [-0.3, -0.25) is 4.79 Å². The number of halogens is 1. The quantitative estimate of drug-likeness (QED) is 0.792. The van der Waals surface area contributed by atoms with Crippen molar-refractivity contribution < 1.29 is 9.18 Å². The van der Waals surface area contributed by atoms with E-state index in [0.29, 0.717) is 6.67 Å². The van der Waals surface area contributed by atoms with Crippen LogP contribution in [0.4, 0.5) is 4.39 Å². The predicted molar refractivity (Wildman–Crippen MR) is 71.7 cm³/mol. The van der Waals surface area contributed by atoms with Crippen molar-refractivity contribution in [3.8, 4) is 0 Å². The van der Waals surface area contributed by atoms with Crippen LogP contribution >= 0.6 is 0 Å². The number of hydrazine groups is 1. The molecule has 0 bridgehead atoms. The first kappa shape index (κ1) is 14.0. The van der Waals surface area contributed by atoms with Crippen LogP contribution in [0.15, 0.2) is 24.3 Å². The van der Waals surface area contributed by atoms with Gasteiger partial charge in [0, 0.05) is 13.1 Å². The Labute approximate surface area is 113 Å². The van der Waals surface area contributed by atoms with Crippen molar-refractivity contribution in [2.45, 2.75) is 25.7 Å². The second kappa shape index (κ2) is 7.21. The van der Waals surface area contributed by atoms with Gasteiger partial charge in [-0.05, 0) is 30.5 Å². The van der Waals surface area contributed by atoms with E-state index in [1.54, 1.807) is 12.1 Å². The van der Waals surface area contributed by atoms with Crippen molar-refractivity contribution in [1.29, 1.82) is 0 Å². The molecule has 1 aliphatic heterocycles. The number of amides is 1. The zero-order valence-corrected chi connectivity index (χ0v) is 11.0. The van der Waals surface area contributed by atoms with Gasteiger partial charge in [0.25, 0.3) is 0 Å². The number of carbonyl (C=O) groups is 1. The maximum Gasteiger partial charge on any atom is 0.225 e. The van der Waals surface area contributed by atoms with E-state index < -0.39 is 0 Å². The van der Waals surface area contributed by atoms with Gasteiger partial charge in [0.05, 0.1) is 13.1 Å². The van der Waals surface area contributed by atoms with Crippen molar-refractivity contribution in [2.24, 2.45) is 0 Å². The molecule has 0 spiro atoms. The van der Waals surface area contributed by atoms with Gasteiger partial charge in [0.15, 0.2) is 0 Å². The lowest BCUT2D eigenvalue weighted by molar-refractivity contribution is -0.120.